The maximum atomic E-state index is 12.8. The number of rotatable bonds is 7. The highest BCUT2D eigenvalue weighted by atomic mass is 16.2. The number of carbonyl (C=O) groups excluding carboxylic acids is 2. The molecule has 0 spiro atoms. The van der Waals surface area contributed by atoms with Crippen LogP contribution in [0.2, 0.25) is 0 Å². The summed E-state index contributed by atoms with van der Waals surface area (Å²) in [6.45, 7) is 3.69. The Morgan fingerprint density at radius 3 is 2.64 bits per heavy atom. The van der Waals surface area contributed by atoms with E-state index in [1.807, 2.05) is 35.2 Å². The van der Waals surface area contributed by atoms with Gasteiger partial charge in [-0.1, -0.05) is 30.3 Å². The zero-order valence-electron chi connectivity index (χ0n) is 14.9. The number of nitrogens with one attached hydrogen (secondary N) is 2. The third kappa shape index (κ3) is 5.30. The molecular formula is C20H29N3O2. The van der Waals surface area contributed by atoms with Gasteiger partial charge in [-0.15, -0.1) is 0 Å². The molecule has 1 aromatic rings. The summed E-state index contributed by atoms with van der Waals surface area (Å²) in [6.07, 6.45) is 5.24. The number of nitrogens with zero attached hydrogens (tertiary/aromatic N) is 1. The molecule has 0 aliphatic carbocycles. The maximum absolute atomic E-state index is 12.8. The minimum absolute atomic E-state index is 0.000350. The molecule has 1 aromatic carbocycles. The first-order valence-electron chi connectivity index (χ1n) is 9.55. The second-order valence-corrected chi connectivity index (χ2v) is 7.24. The molecular weight excluding hydrogens is 314 g/mol. The van der Waals surface area contributed by atoms with E-state index < -0.39 is 6.04 Å². The standard InChI is InChI=1S/C20H29N3O2/c24-19(9-8-17-10-11-21-15-17)22-18(14-16-6-2-1-3-7-16)20(25)23-12-4-5-13-23/h1-3,6-7,17-18,21H,4-5,8-15H2,(H,22,24). The lowest BCUT2D eigenvalue weighted by atomic mass is 10.0. The molecule has 2 fully saturated rings. The highest BCUT2D eigenvalue weighted by molar-refractivity contribution is 5.88. The van der Waals surface area contributed by atoms with Crippen LogP contribution in [0.4, 0.5) is 0 Å². The van der Waals surface area contributed by atoms with E-state index in [0.717, 1.165) is 57.4 Å². The molecule has 25 heavy (non-hydrogen) atoms. The van der Waals surface area contributed by atoms with Crippen molar-refractivity contribution in [3.63, 3.8) is 0 Å². The summed E-state index contributed by atoms with van der Waals surface area (Å²) < 4.78 is 0. The average molecular weight is 343 g/mol. The van der Waals surface area contributed by atoms with Crippen LogP contribution < -0.4 is 10.6 Å². The summed E-state index contributed by atoms with van der Waals surface area (Å²) in [7, 11) is 0. The highest BCUT2D eigenvalue weighted by Crippen LogP contribution is 2.15. The van der Waals surface area contributed by atoms with Gasteiger partial charge in [0.15, 0.2) is 0 Å². The SMILES string of the molecule is O=C(CCC1CCNC1)NC(Cc1ccccc1)C(=O)N1CCCC1. The lowest BCUT2D eigenvalue weighted by molar-refractivity contribution is -0.135. The molecule has 0 radical (unpaired) electrons. The number of hydrogen-bond acceptors (Lipinski definition) is 3. The minimum Gasteiger partial charge on any atom is -0.344 e. The Morgan fingerprint density at radius 2 is 1.96 bits per heavy atom. The molecule has 5 nitrogen and oxygen atoms in total. The molecule has 2 aliphatic heterocycles. The second kappa shape index (κ2) is 8.99. The minimum atomic E-state index is -0.449. The van der Waals surface area contributed by atoms with Gasteiger partial charge < -0.3 is 15.5 Å². The van der Waals surface area contributed by atoms with Crippen LogP contribution in [0.25, 0.3) is 0 Å². The lowest BCUT2D eigenvalue weighted by Crippen LogP contribution is -2.49. The normalized spacial score (nSPS) is 21.3. The number of benzene rings is 1. The van der Waals surface area contributed by atoms with Crippen LogP contribution in [0.1, 0.15) is 37.7 Å². The molecule has 0 aromatic heterocycles. The largest absolute Gasteiger partial charge is 0.344 e. The molecule has 136 valence electrons. The van der Waals surface area contributed by atoms with Crippen LogP contribution in [-0.2, 0) is 16.0 Å². The van der Waals surface area contributed by atoms with Crippen molar-refractivity contribution in [2.45, 2.75) is 44.6 Å². The zero-order chi connectivity index (χ0) is 17.5. The second-order valence-electron chi connectivity index (χ2n) is 7.24. The lowest BCUT2D eigenvalue weighted by Gasteiger charge is -2.24. The third-order valence-corrected chi connectivity index (χ3v) is 5.28. The molecule has 2 amide bonds. The number of likely N-dealkylation sites (tertiary alicyclic amines) is 1. The molecule has 2 N–H and O–H groups in total. The summed E-state index contributed by atoms with van der Waals surface area (Å²) in [4.78, 5) is 27.2. The molecule has 2 saturated heterocycles. The van der Waals surface area contributed by atoms with Gasteiger partial charge in [-0.05, 0) is 50.3 Å². The molecule has 2 atom stereocenters. The highest BCUT2D eigenvalue weighted by Gasteiger charge is 2.28. The van der Waals surface area contributed by atoms with Crippen LogP contribution in [0, 0.1) is 5.92 Å². The summed E-state index contributed by atoms with van der Waals surface area (Å²) in [5.41, 5.74) is 1.08. The van der Waals surface area contributed by atoms with Crippen LogP contribution in [0.15, 0.2) is 30.3 Å². The van der Waals surface area contributed by atoms with Crippen molar-refractivity contribution in [3.8, 4) is 0 Å². The van der Waals surface area contributed by atoms with Gasteiger partial charge in [-0.3, -0.25) is 9.59 Å². The van der Waals surface area contributed by atoms with Gasteiger partial charge in [-0.2, -0.15) is 0 Å². The van der Waals surface area contributed by atoms with E-state index in [-0.39, 0.29) is 11.8 Å². The smallest absolute Gasteiger partial charge is 0.245 e. The number of carbonyl (C=O) groups is 2. The molecule has 2 unspecified atom stereocenters. The van der Waals surface area contributed by atoms with E-state index in [0.29, 0.717) is 18.8 Å². The van der Waals surface area contributed by atoms with E-state index in [1.165, 1.54) is 0 Å². The number of amides is 2. The topological polar surface area (TPSA) is 61.4 Å². The van der Waals surface area contributed by atoms with Crippen molar-refractivity contribution in [1.29, 1.82) is 0 Å². The van der Waals surface area contributed by atoms with Crippen molar-refractivity contribution < 1.29 is 9.59 Å². The van der Waals surface area contributed by atoms with Crippen molar-refractivity contribution in [2.75, 3.05) is 26.2 Å². The first-order chi connectivity index (χ1) is 12.2. The Bertz CT molecular complexity index is 564. The summed E-state index contributed by atoms with van der Waals surface area (Å²) >= 11 is 0. The number of hydrogen-bond donors (Lipinski definition) is 2. The van der Waals surface area contributed by atoms with Crippen molar-refractivity contribution in [2.24, 2.45) is 5.92 Å². The molecule has 3 rings (SSSR count). The Balaban J connectivity index is 1.58. The summed E-state index contributed by atoms with van der Waals surface area (Å²) in [5, 5.41) is 6.35. The van der Waals surface area contributed by atoms with Gasteiger partial charge in [0, 0.05) is 25.9 Å². The fourth-order valence-electron chi connectivity index (χ4n) is 3.77. The molecule has 2 aliphatic rings. The van der Waals surface area contributed by atoms with Gasteiger partial charge >= 0.3 is 0 Å². The van der Waals surface area contributed by atoms with E-state index >= 15 is 0 Å². The third-order valence-electron chi connectivity index (χ3n) is 5.28. The van der Waals surface area contributed by atoms with Crippen molar-refractivity contribution in [3.05, 3.63) is 35.9 Å². The Kier molecular flexibility index (Phi) is 6.45. The molecule has 2 heterocycles. The van der Waals surface area contributed by atoms with Crippen LogP contribution in [0.5, 0.6) is 0 Å². The van der Waals surface area contributed by atoms with Gasteiger partial charge in [0.25, 0.3) is 0 Å². The summed E-state index contributed by atoms with van der Waals surface area (Å²) in [5.74, 6) is 0.658. The predicted octanol–water partition coefficient (Wildman–Crippen LogP) is 1.73. The Morgan fingerprint density at radius 1 is 1.20 bits per heavy atom. The van der Waals surface area contributed by atoms with E-state index in [1.54, 1.807) is 0 Å². The molecule has 0 saturated carbocycles. The van der Waals surface area contributed by atoms with Crippen molar-refractivity contribution in [1.82, 2.24) is 15.5 Å². The Labute approximate surface area is 150 Å². The maximum Gasteiger partial charge on any atom is 0.245 e. The fourth-order valence-corrected chi connectivity index (χ4v) is 3.77. The molecule has 0 bridgehead atoms. The zero-order valence-corrected chi connectivity index (χ0v) is 14.9. The van der Waals surface area contributed by atoms with E-state index in [9.17, 15) is 9.59 Å². The van der Waals surface area contributed by atoms with Gasteiger partial charge in [0.1, 0.15) is 6.04 Å². The Hall–Kier alpha value is -1.88. The van der Waals surface area contributed by atoms with Crippen LogP contribution in [-0.4, -0.2) is 48.9 Å². The van der Waals surface area contributed by atoms with Crippen LogP contribution >= 0.6 is 0 Å². The predicted molar refractivity (Wildman–Crippen MR) is 98.1 cm³/mol. The van der Waals surface area contributed by atoms with Gasteiger partial charge in [0.05, 0.1) is 0 Å². The van der Waals surface area contributed by atoms with Gasteiger partial charge in [-0.25, -0.2) is 0 Å². The fraction of sp³-hybridized carbons (Fsp3) is 0.600. The van der Waals surface area contributed by atoms with E-state index in [2.05, 4.69) is 10.6 Å². The molecule has 5 heteroatoms. The quantitative estimate of drug-likeness (QED) is 0.793. The van der Waals surface area contributed by atoms with Crippen molar-refractivity contribution >= 4 is 11.8 Å². The van der Waals surface area contributed by atoms with Gasteiger partial charge in [0.2, 0.25) is 11.8 Å². The first-order valence-corrected chi connectivity index (χ1v) is 9.55. The summed E-state index contributed by atoms with van der Waals surface area (Å²) in [6, 6.07) is 9.49. The van der Waals surface area contributed by atoms with E-state index in [4.69, 9.17) is 0 Å². The van der Waals surface area contributed by atoms with Crippen LogP contribution in [0.3, 0.4) is 0 Å². The monoisotopic (exact) mass is 343 g/mol. The average Bonchev–Trinajstić information content (AvgIpc) is 3.33. The first kappa shape index (κ1) is 17.9.